The zero-order valence-electron chi connectivity index (χ0n) is 10.9. The maximum Gasteiger partial charge on any atom is 0.148 e. The largest absolute Gasteiger partial charge is 0.481 e. The van der Waals surface area contributed by atoms with Crippen molar-refractivity contribution in [3.8, 4) is 18.1 Å². The minimum Gasteiger partial charge on any atom is -0.481 e. The van der Waals surface area contributed by atoms with Crippen LogP contribution in [0.4, 0.5) is 0 Å². The van der Waals surface area contributed by atoms with Gasteiger partial charge >= 0.3 is 0 Å². The predicted octanol–water partition coefficient (Wildman–Crippen LogP) is 1.66. The molecule has 4 heteroatoms. The molecule has 1 aromatic carbocycles. The molecule has 0 aliphatic carbocycles. The summed E-state index contributed by atoms with van der Waals surface area (Å²) in [5.41, 5.74) is 0.642. The van der Waals surface area contributed by atoms with Crippen molar-refractivity contribution in [2.45, 2.75) is 18.6 Å². The van der Waals surface area contributed by atoms with E-state index in [1.54, 1.807) is 0 Å². The first-order chi connectivity index (χ1) is 9.22. The van der Waals surface area contributed by atoms with Crippen molar-refractivity contribution in [2.75, 3.05) is 24.7 Å². The molecule has 0 saturated carbocycles. The van der Waals surface area contributed by atoms with Gasteiger partial charge in [-0.3, -0.25) is 0 Å². The fourth-order valence-corrected chi connectivity index (χ4v) is 3.30. The summed E-state index contributed by atoms with van der Waals surface area (Å²) in [6.45, 7) is 1.69. The highest BCUT2D eigenvalue weighted by Crippen LogP contribution is 2.27. The zero-order chi connectivity index (χ0) is 13.6. The highest BCUT2D eigenvalue weighted by atomic mass is 32.2. The number of terminal acetylenes is 1. The van der Waals surface area contributed by atoms with Crippen molar-refractivity contribution in [1.82, 2.24) is 5.32 Å². The van der Waals surface area contributed by atoms with Crippen molar-refractivity contribution in [3.63, 3.8) is 0 Å². The SMILES string of the molecule is C#CCOc1ccc(CNCC2(O)CCSC2)cc1. The van der Waals surface area contributed by atoms with Crippen molar-refractivity contribution in [1.29, 1.82) is 0 Å². The third-order valence-corrected chi connectivity index (χ3v) is 4.35. The molecular formula is C15H19NO2S. The quantitative estimate of drug-likeness (QED) is 0.776. The lowest BCUT2D eigenvalue weighted by atomic mass is 10.0. The Bertz CT molecular complexity index is 432. The molecule has 1 atom stereocenters. The molecule has 1 saturated heterocycles. The van der Waals surface area contributed by atoms with Crippen LogP contribution in [0.5, 0.6) is 5.75 Å². The summed E-state index contributed by atoms with van der Waals surface area (Å²) in [5, 5.41) is 13.5. The van der Waals surface area contributed by atoms with Crippen LogP contribution in [0.2, 0.25) is 0 Å². The second-order valence-corrected chi connectivity index (χ2v) is 5.87. The Morgan fingerprint density at radius 3 is 2.84 bits per heavy atom. The number of aliphatic hydroxyl groups is 1. The molecule has 0 aromatic heterocycles. The van der Waals surface area contributed by atoms with Crippen LogP contribution < -0.4 is 10.1 Å². The van der Waals surface area contributed by atoms with E-state index < -0.39 is 5.60 Å². The van der Waals surface area contributed by atoms with Crippen molar-refractivity contribution in [3.05, 3.63) is 29.8 Å². The average Bonchev–Trinajstić information content (AvgIpc) is 2.85. The molecule has 102 valence electrons. The van der Waals surface area contributed by atoms with Gasteiger partial charge in [0.05, 0.1) is 5.60 Å². The number of hydrogen-bond acceptors (Lipinski definition) is 4. The van der Waals surface area contributed by atoms with E-state index in [4.69, 9.17) is 11.2 Å². The topological polar surface area (TPSA) is 41.5 Å². The zero-order valence-corrected chi connectivity index (χ0v) is 11.7. The van der Waals surface area contributed by atoms with E-state index in [0.29, 0.717) is 13.2 Å². The van der Waals surface area contributed by atoms with E-state index in [-0.39, 0.29) is 0 Å². The Labute approximate surface area is 118 Å². The molecular weight excluding hydrogens is 258 g/mol. The van der Waals surface area contributed by atoms with Crippen molar-refractivity contribution in [2.24, 2.45) is 0 Å². The fourth-order valence-electron chi connectivity index (χ4n) is 2.00. The van der Waals surface area contributed by atoms with Gasteiger partial charge in [0.2, 0.25) is 0 Å². The molecule has 0 bridgehead atoms. The van der Waals surface area contributed by atoms with Gasteiger partial charge in [0.15, 0.2) is 0 Å². The first kappa shape index (κ1) is 14.3. The van der Waals surface area contributed by atoms with Crippen LogP contribution in [0.1, 0.15) is 12.0 Å². The Morgan fingerprint density at radius 2 is 2.21 bits per heavy atom. The van der Waals surface area contributed by atoms with Crippen LogP contribution in [-0.4, -0.2) is 35.4 Å². The molecule has 0 radical (unpaired) electrons. The fraction of sp³-hybridized carbons (Fsp3) is 0.467. The smallest absolute Gasteiger partial charge is 0.148 e. The van der Waals surface area contributed by atoms with Crippen LogP contribution in [0.15, 0.2) is 24.3 Å². The number of benzene rings is 1. The van der Waals surface area contributed by atoms with Gasteiger partial charge < -0.3 is 15.2 Å². The molecule has 1 aliphatic heterocycles. The van der Waals surface area contributed by atoms with E-state index in [2.05, 4.69) is 11.2 Å². The van der Waals surface area contributed by atoms with Crippen LogP contribution in [0.3, 0.4) is 0 Å². The summed E-state index contributed by atoms with van der Waals surface area (Å²) in [6, 6.07) is 7.83. The summed E-state index contributed by atoms with van der Waals surface area (Å²) < 4.78 is 5.31. The van der Waals surface area contributed by atoms with E-state index in [1.807, 2.05) is 36.0 Å². The number of rotatable bonds is 6. The van der Waals surface area contributed by atoms with Gasteiger partial charge in [-0.2, -0.15) is 11.8 Å². The van der Waals surface area contributed by atoms with Gasteiger partial charge in [0, 0.05) is 18.8 Å². The Morgan fingerprint density at radius 1 is 1.42 bits per heavy atom. The van der Waals surface area contributed by atoms with E-state index in [1.165, 1.54) is 5.56 Å². The molecule has 1 aliphatic rings. The second kappa shape index (κ2) is 6.85. The highest BCUT2D eigenvalue weighted by molar-refractivity contribution is 7.99. The molecule has 0 amide bonds. The maximum absolute atomic E-state index is 10.2. The predicted molar refractivity (Wildman–Crippen MR) is 79.4 cm³/mol. The van der Waals surface area contributed by atoms with Gasteiger partial charge in [-0.25, -0.2) is 0 Å². The number of hydrogen-bond donors (Lipinski definition) is 2. The van der Waals surface area contributed by atoms with E-state index in [0.717, 1.165) is 30.2 Å². The summed E-state index contributed by atoms with van der Waals surface area (Å²) in [7, 11) is 0. The van der Waals surface area contributed by atoms with Crippen LogP contribution >= 0.6 is 11.8 Å². The number of thioether (sulfide) groups is 1. The monoisotopic (exact) mass is 277 g/mol. The number of ether oxygens (including phenoxy) is 1. The van der Waals surface area contributed by atoms with Gasteiger partial charge in [-0.05, 0) is 29.9 Å². The lowest BCUT2D eigenvalue weighted by Gasteiger charge is -2.21. The van der Waals surface area contributed by atoms with E-state index in [9.17, 15) is 5.11 Å². The molecule has 1 aromatic rings. The summed E-state index contributed by atoms with van der Waals surface area (Å²) >= 11 is 1.81. The van der Waals surface area contributed by atoms with Gasteiger partial charge in [0.1, 0.15) is 12.4 Å². The lowest BCUT2D eigenvalue weighted by Crippen LogP contribution is -2.40. The third kappa shape index (κ3) is 4.46. The number of nitrogens with one attached hydrogen (secondary N) is 1. The third-order valence-electron chi connectivity index (χ3n) is 3.11. The molecule has 19 heavy (non-hydrogen) atoms. The minimum atomic E-state index is -0.527. The molecule has 2 rings (SSSR count). The summed E-state index contributed by atoms with van der Waals surface area (Å²) in [5.74, 6) is 5.11. The second-order valence-electron chi connectivity index (χ2n) is 4.77. The van der Waals surface area contributed by atoms with Gasteiger partial charge in [-0.15, -0.1) is 6.42 Å². The summed E-state index contributed by atoms with van der Waals surface area (Å²) in [6.07, 6.45) is 6.01. The Kier molecular flexibility index (Phi) is 5.15. The molecule has 1 fully saturated rings. The maximum atomic E-state index is 10.2. The average molecular weight is 277 g/mol. The van der Waals surface area contributed by atoms with Crippen LogP contribution in [-0.2, 0) is 6.54 Å². The lowest BCUT2D eigenvalue weighted by molar-refractivity contribution is 0.0674. The first-order valence-corrected chi connectivity index (χ1v) is 7.53. The first-order valence-electron chi connectivity index (χ1n) is 6.38. The Balaban J connectivity index is 1.75. The van der Waals surface area contributed by atoms with Gasteiger partial charge in [-0.1, -0.05) is 18.1 Å². The van der Waals surface area contributed by atoms with Crippen molar-refractivity contribution >= 4 is 11.8 Å². The molecule has 1 unspecified atom stereocenters. The molecule has 2 N–H and O–H groups in total. The van der Waals surface area contributed by atoms with Crippen LogP contribution in [0.25, 0.3) is 0 Å². The normalized spacial score (nSPS) is 22.1. The van der Waals surface area contributed by atoms with Crippen LogP contribution in [0, 0.1) is 12.3 Å². The van der Waals surface area contributed by atoms with Crippen molar-refractivity contribution < 1.29 is 9.84 Å². The van der Waals surface area contributed by atoms with E-state index >= 15 is 0 Å². The standard InChI is InChI=1S/C15H19NO2S/c1-2-8-18-14-5-3-13(4-6-14)10-16-11-15(17)7-9-19-12-15/h1,3-6,16-17H,7-12H2. The highest BCUT2D eigenvalue weighted by Gasteiger charge is 2.30. The molecule has 3 nitrogen and oxygen atoms in total. The summed E-state index contributed by atoms with van der Waals surface area (Å²) in [4.78, 5) is 0. The van der Waals surface area contributed by atoms with Gasteiger partial charge in [0.25, 0.3) is 0 Å². The minimum absolute atomic E-state index is 0.294. The molecule has 1 heterocycles. The molecule has 0 spiro atoms. The Hall–Kier alpha value is -1.15.